The maximum Gasteiger partial charge on any atom is 0.170 e. The van der Waals surface area contributed by atoms with Crippen molar-refractivity contribution in [2.45, 2.75) is 122 Å². The number of Topliss-reactive ketones (excluding diaryl/α,β-unsaturated/α-hetero) is 3. The molecule has 12 rings (SSSR count). The van der Waals surface area contributed by atoms with Gasteiger partial charge in [-0.15, -0.1) is 39.5 Å². The summed E-state index contributed by atoms with van der Waals surface area (Å²) in [6, 6.07) is 29.3. The summed E-state index contributed by atoms with van der Waals surface area (Å²) in [7, 11) is 8.29. The van der Waals surface area contributed by atoms with Crippen molar-refractivity contribution in [1.29, 1.82) is 0 Å². The van der Waals surface area contributed by atoms with Crippen LogP contribution in [0, 0.1) is 21.7 Å². The molecule has 0 fully saturated rings. The van der Waals surface area contributed by atoms with Crippen LogP contribution in [-0.2, 0) is 48.1 Å². The lowest BCUT2D eigenvalue weighted by Crippen LogP contribution is -2.43. The molecule has 5 aromatic carbocycles. The number of benzene rings is 5. The first kappa shape index (κ1) is 66.6. The summed E-state index contributed by atoms with van der Waals surface area (Å²) in [4.78, 5) is 35.9. The standard InChI is InChI=1S/C19H24O2.C17H20O2.C17H18O2.C16H18O2.C10H10O2/c1-6-10-18(11-7-2)13-15-12-16(21-5)8-9-17(15)19(18,20)14(3)4;1-4-8-16-9-7-12(2)17(16,18)15-6-5-14(19-3)10-13(15)11-16;1-4-7-17-9-12-8-13(19-3)5-6-14(12)16(17)11(2)15(18)10-17;1-4-8-16(9-5-2)11-12-10-13(18-3)6-7-14(12)15(16)17;1-12-8-3-4-9-7(6-8)2-5-10(9)11/h6-9,12,20H,1-3,10-11,13H2,4-5H3;4-7,10,18H,1,8-9,11H2,2-3H3;4-6,8H,1,7,9-10H2,2-3H3;4-7,10H,1-2,8-9,11H2,3H3;3-4,6H,2,5H2,1H3. The summed E-state index contributed by atoms with van der Waals surface area (Å²) < 4.78 is 26.2. The molecule has 10 heteroatoms. The van der Waals surface area contributed by atoms with Crippen LogP contribution in [0.3, 0.4) is 0 Å². The van der Waals surface area contributed by atoms with Gasteiger partial charge in [0.1, 0.15) is 39.9 Å². The van der Waals surface area contributed by atoms with E-state index in [1.165, 1.54) is 22.3 Å². The summed E-state index contributed by atoms with van der Waals surface area (Å²) in [6.07, 6.45) is 24.3. The highest BCUT2D eigenvalue weighted by molar-refractivity contribution is 6.10. The average Bonchev–Trinajstić information content (AvgIpc) is 1.63. The number of carbonyl (C=O) groups is 3. The lowest BCUT2D eigenvalue weighted by Gasteiger charge is -2.43. The van der Waals surface area contributed by atoms with Gasteiger partial charge in [0.2, 0.25) is 0 Å². The van der Waals surface area contributed by atoms with E-state index in [4.69, 9.17) is 23.7 Å². The lowest BCUT2D eigenvalue weighted by atomic mass is 9.65. The molecule has 466 valence electrons. The minimum Gasteiger partial charge on any atom is -0.497 e. The molecule has 4 atom stereocenters. The van der Waals surface area contributed by atoms with Crippen molar-refractivity contribution in [2.24, 2.45) is 21.7 Å². The second-order valence-corrected chi connectivity index (χ2v) is 25.0. The summed E-state index contributed by atoms with van der Waals surface area (Å²) in [5, 5.41) is 22.9. The molecule has 5 aromatic rings. The van der Waals surface area contributed by atoms with Crippen LogP contribution in [0.2, 0.25) is 0 Å². The van der Waals surface area contributed by atoms with Gasteiger partial charge in [-0.2, -0.15) is 0 Å². The summed E-state index contributed by atoms with van der Waals surface area (Å²) in [5.74, 6) is 4.95. The van der Waals surface area contributed by atoms with Crippen LogP contribution >= 0.6 is 0 Å². The molecule has 0 aromatic heterocycles. The molecule has 0 radical (unpaired) electrons. The fourth-order valence-electron chi connectivity index (χ4n) is 15.6. The third-order valence-electron chi connectivity index (χ3n) is 19.9. The Labute approximate surface area is 528 Å². The number of aliphatic hydroxyl groups is 2. The maximum absolute atomic E-state index is 12.6. The minimum atomic E-state index is -1.06. The van der Waals surface area contributed by atoms with Crippen molar-refractivity contribution in [3.05, 3.63) is 252 Å². The zero-order valence-corrected chi connectivity index (χ0v) is 53.7. The molecular formula is C79H90O10. The monoisotopic (exact) mass is 1200 g/mol. The number of aryl methyl sites for hydroxylation is 1. The van der Waals surface area contributed by atoms with Gasteiger partial charge >= 0.3 is 0 Å². The number of hydrogen-bond acceptors (Lipinski definition) is 10. The van der Waals surface area contributed by atoms with E-state index < -0.39 is 11.2 Å². The molecule has 0 amide bonds. The third kappa shape index (κ3) is 11.9. The first-order valence-corrected chi connectivity index (χ1v) is 30.7. The molecule has 0 bridgehead atoms. The van der Waals surface area contributed by atoms with E-state index in [9.17, 15) is 24.6 Å². The highest BCUT2D eigenvalue weighted by Gasteiger charge is 2.60. The SMILES string of the molecule is C=CCC1(CC=C)Cc2cc(OC)ccc2C1(O)C(=C)C.C=CCC1(CC=C)Cc2cc(OC)ccc2C1=O.C=CCC12CC(=O)C(C)=C1c1ccc(OC)cc1C2.C=CCC12CC=C(C)C1(O)c1ccc(OC)cc1C2.COc1ccc2c(c1)CCC2=O. The van der Waals surface area contributed by atoms with Gasteiger partial charge in [0.25, 0.3) is 0 Å². The van der Waals surface area contributed by atoms with Gasteiger partial charge in [0, 0.05) is 45.6 Å². The van der Waals surface area contributed by atoms with Crippen molar-refractivity contribution < 1.29 is 48.3 Å². The molecule has 7 aliphatic carbocycles. The molecule has 10 nitrogen and oxygen atoms in total. The van der Waals surface area contributed by atoms with Crippen LogP contribution < -0.4 is 23.7 Å². The van der Waals surface area contributed by atoms with Gasteiger partial charge in [-0.3, -0.25) is 14.4 Å². The van der Waals surface area contributed by atoms with Gasteiger partial charge in [0.15, 0.2) is 17.3 Å². The largest absolute Gasteiger partial charge is 0.497 e. The number of methoxy groups -OCH3 is 5. The van der Waals surface area contributed by atoms with E-state index in [0.29, 0.717) is 44.3 Å². The molecule has 0 aliphatic heterocycles. The van der Waals surface area contributed by atoms with Crippen LogP contribution in [0.4, 0.5) is 0 Å². The van der Waals surface area contributed by atoms with Crippen LogP contribution in [0.1, 0.15) is 144 Å². The Kier molecular flexibility index (Phi) is 20.4. The van der Waals surface area contributed by atoms with Gasteiger partial charge < -0.3 is 33.9 Å². The minimum absolute atomic E-state index is 0.0440. The van der Waals surface area contributed by atoms with Gasteiger partial charge in [-0.1, -0.05) is 67.3 Å². The fourth-order valence-corrected chi connectivity index (χ4v) is 15.6. The lowest BCUT2D eigenvalue weighted by molar-refractivity contribution is -0.116. The zero-order valence-electron chi connectivity index (χ0n) is 53.7. The smallest absolute Gasteiger partial charge is 0.170 e. The maximum atomic E-state index is 12.6. The Morgan fingerprint density at radius 2 is 0.955 bits per heavy atom. The Morgan fingerprint density at radius 3 is 1.47 bits per heavy atom. The number of fused-ring (bicyclic) bond motifs is 9. The van der Waals surface area contributed by atoms with Crippen LogP contribution in [0.5, 0.6) is 28.7 Å². The Bertz CT molecular complexity index is 3680. The molecule has 0 saturated heterocycles. The highest BCUT2D eigenvalue weighted by atomic mass is 16.5. The van der Waals surface area contributed by atoms with Crippen LogP contribution in [0.15, 0.2) is 196 Å². The number of hydrogen-bond donors (Lipinski definition) is 2. The van der Waals surface area contributed by atoms with E-state index in [1.54, 1.807) is 35.5 Å². The summed E-state index contributed by atoms with van der Waals surface area (Å²) in [5.41, 5.74) is 11.9. The topological polar surface area (TPSA) is 138 Å². The van der Waals surface area contributed by atoms with Crippen LogP contribution in [0.25, 0.3) is 5.57 Å². The molecule has 0 saturated carbocycles. The van der Waals surface area contributed by atoms with E-state index in [1.807, 2.05) is 130 Å². The molecular weight excluding hydrogens is 1110 g/mol. The highest BCUT2D eigenvalue weighted by Crippen LogP contribution is 2.63. The Hall–Kier alpha value is -8.31. The Balaban J connectivity index is 0.000000145. The van der Waals surface area contributed by atoms with Gasteiger partial charge in [-0.05, 0) is 237 Å². The summed E-state index contributed by atoms with van der Waals surface area (Å²) in [6.45, 7) is 33.0. The first-order chi connectivity index (χ1) is 42.6. The predicted octanol–water partition coefficient (Wildman–Crippen LogP) is 16.5. The predicted molar refractivity (Wildman–Crippen MR) is 359 cm³/mol. The van der Waals surface area contributed by atoms with E-state index >= 15 is 0 Å². The van der Waals surface area contributed by atoms with Crippen molar-refractivity contribution >= 4 is 22.9 Å². The molecule has 2 N–H and O–H groups in total. The normalized spacial score (nSPS) is 22.5. The second kappa shape index (κ2) is 27.2. The molecule has 7 aliphatic rings. The van der Waals surface area contributed by atoms with Gasteiger partial charge in [0.05, 0.1) is 35.5 Å². The zero-order chi connectivity index (χ0) is 64.7. The Morgan fingerprint density at radius 1 is 0.494 bits per heavy atom. The van der Waals surface area contributed by atoms with Crippen molar-refractivity contribution in [1.82, 2.24) is 0 Å². The molecule has 0 heterocycles. The van der Waals surface area contributed by atoms with E-state index in [0.717, 1.165) is 136 Å². The quantitative estimate of drug-likeness (QED) is 0.0816. The van der Waals surface area contributed by atoms with E-state index in [-0.39, 0.29) is 33.2 Å². The second-order valence-electron chi connectivity index (χ2n) is 25.0. The van der Waals surface area contributed by atoms with Gasteiger partial charge in [-0.25, -0.2) is 0 Å². The first-order valence-electron chi connectivity index (χ1n) is 30.7. The summed E-state index contributed by atoms with van der Waals surface area (Å²) >= 11 is 0. The molecule has 89 heavy (non-hydrogen) atoms. The number of allylic oxidation sites excluding steroid dienone is 9. The van der Waals surface area contributed by atoms with E-state index in [2.05, 4.69) is 70.3 Å². The fraction of sp³-hybridized carbons (Fsp3) is 0.354. The van der Waals surface area contributed by atoms with Crippen molar-refractivity contribution in [3.63, 3.8) is 0 Å². The third-order valence-corrected chi connectivity index (χ3v) is 19.9. The van der Waals surface area contributed by atoms with Crippen molar-refractivity contribution in [2.75, 3.05) is 35.5 Å². The number of ether oxygens (including phenoxy) is 5. The molecule has 0 spiro atoms. The number of rotatable bonds is 18. The molecule has 4 unspecified atom stereocenters. The average molecular weight is 1200 g/mol. The number of ketones is 3. The number of carbonyl (C=O) groups excluding carboxylic acids is 3. The van der Waals surface area contributed by atoms with Crippen molar-refractivity contribution in [3.8, 4) is 28.7 Å². The van der Waals surface area contributed by atoms with Crippen LogP contribution in [-0.4, -0.2) is 63.1 Å².